The molecule has 0 amide bonds. The molecule has 6 aromatic rings. The van der Waals surface area contributed by atoms with Crippen molar-refractivity contribution in [1.82, 2.24) is 9.97 Å². The van der Waals surface area contributed by atoms with E-state index >= 15 is 0 Å². The highest BCUT2D eigenvalue weighted by Gasteiger charge is 2.32. The monoisotopic (exact) mass is 569 g/mol. The van der Waals surface area contributed by atoms with Crippen molar-refractivity contribution in [2.24, 2.45) is 5.16 Å². The summed E-state index contributed by atoms with van der Waals surface area (Å²) in [5, 5.41) is 25.2. The van der Waals surface area contributed by atoms with Crippen molar-refractivity contribution < 1.29 is 24.6 Å². The molecule has 2 heterocycles. The third kappa shape index (κ3) is 5.99. The Balaban J connectivity index is 1.33. The topological polar surface area (TPSA) is 114 Å². The normalized spacial score (nSPS) is 11.6. The zero-order valence-corrected chi connectivity index (χ0v) is 23.0. The fourth-order valence-electron chi connectivity index (χ4n) is 5.07. The van der Waals surface area contributed by atoms with Crippen LogP contribution < -0.4 is 9.47 Å². The summed E-state index contributed by atoms with van der Waals surface area (Å²) in [5.41, 5.74) is 3.65. The molecule has 0 unspecified atom stereocenters. The molecule has 2 N–H and O–H groups in total. The quantitative estimate of drug-likeness (QED) is 0.104. The van der Waals surface area contributed by atoms with Crippen LogP contribution in [-0.2, 0) is 18.0 Å². The number of oxime groups is 1. The van der Waals surface area contributed by atoms with E-state index in [1.165, 1.54) is 0 Å². The zero-order valence-electron chi connectivity index (χ0n) is 23.0. The van der Waals surface area contributed by atoms with Gasteiger partial charge in [-0.3, -0.25) is 0 Å². The number of carboxylic acids is 1. The molecule has 0 saturated heterocycles. The first kappa shape index (κ1) is 27.4. The maximum atomic E-state index is 12.4. The minimum Gasteiger partial charge on any atom is -0.487 e. The van der Waals surface area contributed by atoms with Crippen LogP contribution in [0, 0.1) is 0 Å². The van der Waals surface area contributed by atoms with E-state index in [4.69, 9.17) is 9.47 Å². The number of carbonyl (C=O) groups is 1. The molecule has 4 aromatic carbocycles. The number of fused-ring (bicyclic) bond motifs is 2. The Hall–Kier alpha value is -5.76. The van der Waals surface area contributed by atoms with Crippen molar-refractivity contribution in [3.05, 3.63) is 144 Å². The smallest absolute Gasteiger partial charge is 0.354 e. The Morgan fingerprint density at radius 3 is 1.53 bits per heavy atom. The van der Waals surface area contributed by atoms with Crippen LogP contribution in [0.15, 0.2) is 126 Å². The highest BCUT2D eigenvalue weighted by molar-refractivity contribution is 6.38. The van der Waals surface area contributed by atoms with Crippen molar-refractivity contribution in [3.8, 4) is 11.5 Å². The van der Waals surface area contributed by atoms with Gasteiger partial charge in [-0.1, -0.05) is 90.1 Å². The van der Waals surface area contributed by atoms with E-state index in [0.717, 1.165) is 21.8 Å². The van der Waals surface area contributed by atoms with Crippen LogP contribution in [0.5, 0.6) is 11.5 Å². The van der Waals surface area contributed by atoms with Crippen LogP contribution in [0.4, 0.5) is 0 Å². The Labute approximate surface area is 247 Å². The summed E-state index contributed by atoms with van der Waals surface area (Å²) in [6, 6.07) is 37.5. The van der Waals surface area contributed by atoms with E-state index in [1.54, 1.807) is 48.5 Å². The second kappa shape index (κ2) is 12.4. The molecule has 0 radical (unpaired) electrons. The summed E-state index contributed by atoms with van der Waals surface area (Å²) in [4.78, 5) is 21.7. The lowest BCUT2D eigenvalue weighted by atomic mass is 9.86. The number of pyridine rings is 2. The van der Waals surface area contributed by atoms with Gasteiger partial charge in [0.25, 0.3) is 0 Å². The van der Waals surface area contributed by atoms with Crippen molar-refractivity contribution in [1.29, 1.82) is 0 Å². The van der Waals surface area contributed by atoms with Crippen LogP contribution in [0.3, 0.4) is 0 Å². The van der Waals surface area contributed by atoms with Gasteiger partial charge in [-0.15, -0.1) is 0 Å². The molecule has 0 fully saturated rings. The van der Waals surface area contributed by atoms with Crippen LogP contribution in [-0.4, -0.2) is 32.0 Å². The van der Waals surface area contributed by atoms with Gasteiger partial charge in [-0.05, 0) is 36.4 Å². The van der Waals surface area contributed by atoms with E-state index in [9.17, 15) is 15.1 Å². The SMILES string of the molecule is O=C(O)C(=NO)C(c1ccccc1OCc1ccc2ccccc2n1)c1ccccc1OCc1ccc2ccccc2n1. The molecule has 0 aliphatic heterocycles. The van der Waals surface area contributed by atoms with E-state index in [2.05, 4.69) is 15.1 Å². The first-order chi connectivity index (χ1) is 21.1. The predicted molar refractivity (Wildman–Crippen MR) is 164 cm³/mol. The molecule has 43 heavy (non-hydrogen) atoms. The van der Waals surface area contributed by atoms with Gasteiger partial charge in [0.2, 0.25) is 0 Å². The highest BCUT2D eigenvalue weighted by Crippen LogP contribution is 2.38. The molecule has 0 spiro atoms. The third-order valence-electron chi connectivity index (χ3n) is 7.12. The molecular formula is C35H27N3O5. The standard InChI is InChI=1S/C35H27N3O5/c39-35(40)34(38-41)33(27-11-3-7-15-31(27)42-21-25-19-17-23-9-1-5-13-29(23)36-25)28-12-4-8-16-32(28)43-22-26-20-18-24-10-2-6-14-30(24)37-26/h1-20,33,41H,21-22H2,(H,39,40). The fourth-order valence-corrected chi connectivity index (χ4v) is 5.07. The number of nitrogens with zero attached hydrogens (tertiary/aromatic N) is 3. The molecule has 0 bridgehead atoms. The summed E-state index contributed by atoms with van der Waals surface area (Å²) in [7, 11) is 0. The van der Waals surface area contributed by atoms with Gasteiger partial charge in [0.05, 0.1) is 28.3 Å². The molecule has 8 heteroatoms. The van der Waals surface area contributed by atoms with Crippen molar-refractivity contribution in [2.75, 3.05) is 0 Å². The number of hydrogen-bond acceptors (Lipinski definition) is 7. The summed E-state index contributed by atoms with van der Waals surface area (Å²) in [6.45, 7) is 0.304. The van der Waals surface area contributed by atoms with Crippen LogP contribution in [0.25, 0.3) is 21.8 Å². The molecule has 0 atom stereocenters. The second-order valence-corrected chi connectivity index (χ2v) is 9.87. The number of rotatable bonds is 10. The summed E-state index contributed by atoms with van der Waals surface area (Å²) < 4.78 is 12.4. The van der Waals surface area contributed by atoms with E-state index in [0.29, 0.717) is 34.0 Å². The lowest BCUT2D eigenvalue weighted by Gasteiger charge is -2.22. The molecule has 0 saturated carbocycles. The minimum absolute atomic E-state index is 0.152. The van der Waals surface area contributed by atoms with E-state index in [1.807, 2.05) is 72.8 Å². The fraction of sp³-hybridized carbons (Fsp3) is 0.0857. The summed E-state index contributed by atoms with van der Waals surface area (Å²) in [6.07, 6.45) is 0. The maximum absolute atomic E-state index is 12.4. The second-order valence-electron chi connectivity index (χ2n) is 9.87. The highest BCUT2D eigenvalue weighted by atomic mass is 16.5. The summed E-state index contributed by atoms with van der Waals surface area (Å²) in [5.74, 6) is -1.53. The minimum atomic E-state index is -1.37. The lowest BCUT2D eigenvalue weighted by Crippen LogP contribution is -2.24. The van der Waals surface area contributed by atoms with Gasteiger partial charge >= 0.3 is 5.97 Å². The Morgan fingerprint density at radius 1 is 0.628 bits per heavy atom. The van der Waals surface area contributed by atoms with Gasteiger partial charge in [0, 0.05) is 21.9 Å². The zero-order chi connectivity index (χ0) is 29.6. The third-order valence-corrected chi connectivity index (χ3v) is 7.12. The average molecular weight is 570 g/mol. The maximum Gasteiger partial charge on any atom is 0.354 e. The first-order valence-electron chi connectivity index (χ1n) is 13.7. The Morgan fingerprint density at radius 2 is 1.07 bits per heavy atom. The van der Waals surface area contributed by atoms with Crippen LogP contribution in [0.2, 0.25) is 0 Å². The van der Waals surface area contributed by atoms with Gasteiger partial charge < -0.3 is 19.8 Å². The number of ether oxygens (including phenoxy) is 2. The van der Waals surface area contributed by atoms with E-state index in [-0.39, 0.29) is 13.2 Å². The number of aliphatic carboxylic acids is 1. The largest absolute Gasteiger partial charge is 0.487 e. The molecule has 0 aliphatic carbocycles. The molecule has 2 aromatic heterocycles. The predicted octanol–water partition coefficient (Wildman–Crippen LogP) is 6.99. The van der Waals surface area contributed by atoms with Crippen molar-refractivity contribution in [2.45, 2.75) is 19.1 Å². The Kier molecular flexibility index (Phi) is 7.91. The number of para-hydroxylation sites is 4. The van der Waals surface area contributed by atoms with E-state index < -0.39 is 17.6 Å². The van der Waals surface area contributed by atoms with Crippen LogP contribution in [0.1, 0.15) is 28.4 Å². The molecule has 6 rings (SSSR count). The number of benzene rings is 4. The first-order valence-corrected chi connectivity index (χ1v) is 13.7. The summed E-state index contributed by atoms with van der Waals surface area (Å²) >= 11 is 0. The number of carboxylic acid groups (broad SMARTS) is 1. The van der Waals surface area contributed by atoms with Gasteiger partial charge in [-0.2, -0.15) is 0 Å². The van der Waals surface area contributed by atoms with Gasteiger partial charge in [0.1, 0.15) is 24.7 Å². The number of hydrogen-bond donors (Lipinski definition) is 2. The van der Waals surface area contributed by atoms with Crippen molar-refractivity contribution in [3.63, 3.8) is 0 Å². The van der Waals surface area contributed by atoms with Crippen molar-refractivity contribution >= 4 is 33.5 Å². The average Bonchev–Trinajstić information content (AvgIpc) is 3.05. The molecule has 212 valence electrons. The molecular weight excluding hydrogens is 542 g/mol. The lowest BCUT2D eigenvalue weighted by molar-refractivity contribution is -0.129. The van der Waals surface area contributed by atoms with Crippen LogP contribution >= 0.6 is 0 Å². The number of aromatic nitrogens is 2. The Bertz CT molecular complexity index is 1830. The molecule has 8 nitrogen and oxygen atoms in total. The molecule has 0 aliphatic rings. The van der Waals surface area contributed by atoms with Gasteiger partial charge in [-0.25, -0.2) is 14.8 Å². The van der Waals surface area contributed by atoms with Gasteiger partial charge in [0.15, 0.2) is 5.71 Å².